The van der Waals surface area contributed by atoms with E-state index in [-0.39, 0.29) is 36.0 Å². The van der Waals surface area contributed by atoms with Crippen LogP contribution in [0.25, 0.3) is 0 Å². The molecule has 31 heavy (non-hydrogen) atoms. The van der Waals surface area contributed by atoms with Crippen molar-refractivity contribution in [2.45, 2.75) is 18.2 Å². The number of carbonyl (C=O) groups excluding carboxylic acids is 1. The van der Waals surface area contributed by atoms with Gasteiger partial charge in [-0.05, 0) is 24.6 Å². The Hall–Kier alpha value is -2.53. The molecule has 1 N–H and O–H groups in total. The predicted molar refractivity (Wildman–Crippen MR) is 118 cm³/mol. The third-order valence-electron chi connectivity index (χ3n) is 5.13. The minimum Gasteiger partial charge on any atom is -0.325 e. The Kier molecular flexibility index (Phi) is 7.26. The standard InChI is InChI=1S/C20H23ClN4O5S/c1-15-6-7-16(25(27)28)14-19(15)31(29,30)24-12-10-23(11-13-24)9-8-20(26)22-18-5-3-2-4-17(18)21/h2-7,14H,8-13H2,1H3,(H,22,26). The monoisotopic (exact) mass is 466 g/mol. The van der Waals surface area contributed by atoms with Gasteiger partial charge in [-0.3, -0.25) is 14.9 Å². The average Bonchev–Trinajstić information content (AvgIpc) is 2.74. The van der Waals surface area contributed by atoms with E-state index in [1.54, 1.807) is 31.2 Å². The highest BCUT2D eigenvalue weighted by atomic mass is 35.5. The third kappa shape index (κ3) is 5.59. The number of carbonyl (C=O) groups is 1. The van der Waals surface area contributed by atoms with Crippen molar-refractivity contribution >= 4 is 38.9 Å². The first-order valence-corrected chi connectivity index (χ1v) is 11.5. The topological polar surface area (TPSA) is 113 Å². The molecule has 2 aromatic rings. The number of nitrogens with zero attached hydrogens (tertiary/aromatic N) is 3. The normalized spacial score (nSPS) is 15.5. The van der Waals surface area contributed by atoms with Crippen molar-refractivity contribution in [3.05, 3.63) is 63.2 Å². The van der Waals surface area contributed by atoms with Gasteiger partial charge in [0.1, 0.15) is 0 Å². The summed E-state index contributed by atoms with van der Waals surface area (Å²) in [5, 5.41) is 14.3. The van der Waals surface area contributed by atoms with Crippen LogP contribution in [0, 0.1) is 17.0 Å². The minimum atomic E-state index is -3.84. The number of benzene rings is 2. The molecule has 0 aliphatic carbocycles. The van der Waals surface area contributed by atoms with E-state index in [4.69, 9.17) is 11.6 Å². The lowest BCUT2D eigenvalue weighted by molar-refractivity contribution is -0.385. The smallest absolute Gasteiger partial charge is 0.270 e. The first kappa shape index (κ1) is 23.1. The number of nitro benzene ring substituents is 1. The number of aryl methyl sites for hydroxylation is 1. The summed E-state index contributed by atoms with van der Waals surface area (Å²) in [5.74, 6) is -0.171. The molecule has 0 unspecified atom stereocenters. The lowest BCUT2D eigenvalue weighted by Gasteiger charge is -2.34. The van der Waals surface area contributed by atoms with Crippen molar-refractivity contribution in [2.24, 2.45) is 0 Å². The van der Waals surface area contributed by atoms with E-state index in [1.807, 2.05) is 4.90 Å². The third-order valence-corrected chi connectivity index (χ3v) is 7.50. The van der Waals surface area contributed by atoms with Gasteiger partial charge in [0.2, 0.25) is 15.9 Å². The van der Waals surface area contributed by atoms with Gasteiger partial charge in [-0.25, -0.2) is 8.42 Å². The van der Waals surface area contributed by atoms with Gasteiger partial charge in [0, 0.05) is 51.3 Å². The highest BCUT2D eigenvalue weighted by Crippen LogP contribution is 2.25. The number of hydrogen-bond donors (Lipinski definition) is 1. The molecule has 0 spiro atoms. The van der Waals surface area contributed by atoms with Crippen LogP contribution in [0.5, 0.6) is 0 Å². The Balaban J connectivity index is 1.56. The summed E-state index contributed by atoms with van der Waals surface area (Å²) in [4.78, 5) is 24.6. The first-order valence-electron chi connectivity index (χ1n) is 9.70. The summed E-state index contributed by atoms with van der Waals surface area (Å²) < 4.78 is 27.3. The Bertz CT molecular complexity index is 1080. The number of piperazine rings is 1. The van der Waals surface area contributed by atoms with E-state index < -0.39 is 14.9 Å². The maximum Gasteiger partial charge on any atom is 0.270 e. The molecule has 1 amide bonds. The Morgan fingerprint density at radius 2 is 1.84 bits per heavy atom. The van der Waals surface area contributed by atoms with Crippen molar-refractivity contribution in [3.8, 4) is 0 Å². The molecule has 2 aromatic carbocycles. The molecule has 1 saturated heterocycles. The molecule has 3 rings (SSSR count). The van der Waals surface area contributed by atoms with E-state index in [0.717, 1.165) is 6.07 Å². The molecule has 0 radical (unpaired) electrons. The molecule has 0 saturated carbocycles. The number of sulfonamides is 1. The Morgan fingerprint density at radius 3 is 2.48 bits per heavy atom. The average molecular weight is 467 g/mol. The highest BCUT2D eigenvalue weighted by Gasteiger charge is 2.30. The Morgan fingerprint density at radius 1 is 1.16 bits per heavy atom. The number of rotatable bonds is 7. The molecule has 11 heteroatoms. The number of nitro groups is 1. The molecule has 0 bridgehead atoms. The fraction of sp³-hybridized carbons (Fsp3) is 0.350. The van der Waals surface area contributed by atoms with Gasteiger partial charge in [-0.15, -0.1) is 0 Å². The van der Waals surface area contributed by atoms with Crippen LogP contribution in [-0.2, 0) is 14.8 Å². The number of hydrogen-bond acceptors (Lipinski definition) is 6. The molecule has 0 aromatic heterocycles. The van der Waals surface area contributed by atoms with Crippen LogP contribution in [0.3, 0.4) is 0 Å². The van der Waals surface area contributed by atoms with Crippen LogP contribution in [0.2, 0.25) is 5.02 Å². The summed E-state index contributed by atoms with van der Waals surface area (Å²) >= 11 is 6.04. The van der Waals surface area contributed by atoms with E-state index in [0.29, 0.717) is 35.9 Å². The van der Waals surface area contributed by atoms with Gasteiger partial charge in [0.25, 0.3) is 5.69 Å². The summed E-state index contributed by atoms with van der Waals surface area (Å²) in [7, 11) is -3.84. The van der Waals surface area contributed by atoms with Crippen molar-refractivity contribution in [3.63, 3.8) is 0 Å². The summed E-state index contributed by atoms with van der Waals surface area (Å²) in [6.07, 6.45) is 0.252. The fourth-order valence-electron chi connectivity index (χ4n) is 3.35. The summed E-state index contributed by atoms with van der Waals surface area (Å²) in [6.45, 7) is 3.52. The largest absolute Gasteiger partial charge is 0.325 e. The van der Waals surface area contributed by atoms with Crippen molar-refractivity contribution in [1.82, 2.24) is 9.21 Å². The van der Waals surface area contributed by atoms with Crippen molar-refractivity contribution < 1.29 is 18.1 Å². The first-order chi connectivity index (χ1) is 14.7. The van der Waals surface area contributed by atoms with Crippen LogP contribution < -0.4 is 5.32 Å². The van der Waals surface area contributed by atoms with E-state index in [9.17, 15) is 23.3 Å². The van der Waals surface area contributed by atoms with Crippen LogP contribution in [0.4, 0.5) is 11.4 Å². The second-order valence-electron chi connectivity index (χ2n) is 7.23. The minimum absolute atomic E-state index is 0.0470. The molecule has 1 fully saturated rings. The van der Waals surface area contributed by atoms with E-state index in [2.05, 4.69) is 5.32 Å². The van der Waals surface area contributed by atoms with E-state index in [1.165, 1.54) is 16.4 Å². The zero-order valence-corrected chi connectivity index (χ0v) is 18.5. The Labute approximate surface area is 185 Å². The van der Waals surface area contributed by atoms with Gasteiger partial charge >= 0.3 is 0 Å². The van der Waals surface area contributed by atoms with Crippen LogP contribution >= 0.6 is 11.6 Å². The number of halogens is 1. The number of anilines is 1. The molecule has 1 aliphatic rings. The molecule has 166 valence electrons. The summed E-state index contributed by atoms with van der Waals surface area (Å²) in [5.41, 5.74) is 0.758. The maximum atomic E-state index is 13.0. The summed E-state index contributed by atoms with van der Waals surface area (Å²) in [6, 6.07) is 10.8. The van der Waals surface area contributed by atoms with Gasteiger partial charge in [0.05, 0.1) is 20.5 Å². The number of non-ortho nitro benzene ring substituents is 1. The molecule has 9 nitrogen and oxygen atoms in total. The van der Waals surface area contributed by atoms with Gasteiger partial charge < -0.3 is 10.2 Å². The maximum absolute atomic E-state index is 13.0. The van der Waals surface area contributed by atoms with Crippen LogP contribution in [0.1, 0.15) is 12.0 Å². The number of amides is 1. The number of nitrogens with one attached hydrogen (secondary N) is 1. The zero-order chi connectivity index (χ0) is 22.6. The van der Waals surface area contributed by atoms with Crippen LogP contribution in [-0.4, -0.2) is 61.2 Å². The van der Waals surface area contributed by atoms with Crippen molar-refractivity contribution in [2.75, 3.05) is 38.0 Å². The predicted octanol–water partition coefficient (Wildman–Crippen LogP) is 2.89. The number of para-hydroxylation sites is 1. The lowest BCUT2D eigenvalue weighted by atomic mass is 10.2. The highest BCUT2D eigenvalue weighted by molar-refractivity contribution is 7.89. The molecule has 1 heterocycles. The van der Waals surface area contributed by atoms with Crippen LogP contribution in [0.15, 0.2) is 47.4 Å². The molecular weight excluding hydrogens is 444 g/mol. The van der Waals surface area contributed by atoms with Gasteiger partial charge in [-0.2, -0.15) is 4.31 Å². The molecular formula is C20H23ClN4O5S. The second kappa shape index (κ2) is 9.73. The quantitative estimate of drug-likeness (QED) is 0.496. The fourth-order valence-corrected chi connectivity index (χ4v) is 5.20. The lowest BCUT2D eigenvalue weighted by Crippen LogP contribution is -2.49. The van der Waals surface area contributed by atoms with Gasteiger partial charge in [-0.1, -0.05) is 29.8 Å². The molecule has 1 aliphatic heterocycles. The van der Waals surface area contributed by atoms with E-state index >= 15 is 0 Å². The second-order valence-corrected chi connectivity index (χ2v) is 9.54. The van der Waals surface area contributed by atoms with Crippen molar-refractivity contribution in [1.29, 1.82) is 0 Å². The van der Waals surface area contributed by atoms with Gasteiger partial charge in [0.15, 0.2) is 0 Å². The SMILES string of the molecule is Cc1ccc([N+](=O)[O-])cc1S(=O)(=O)N1CCN(CCC(=O)Nc2ccccc2Cl)CC1. The zero-order valence-electron chi connectivity index (χ0n) is 17.0. The molecule has 0 atom stereocenters.